The Morgan fingerprint density at radius 3 is 2.65 bits per heavy atom. The third-order valence-electron chi connectivity index (χ3n) is 2.27. The molecule has 1 heterocycles. The topological polar surface area (TPSA) is 59.9 Å². The van der Waals surface area contributed by atoms with E-state index in [4.69, 9.17) is 16.3 Å². The van der Waals surface area contributed by atoms with E-state index < -0.39 is 0 Å². The van der Waals surface area contributed by atoms with Crippen molar-refractivity contribution >= 4 is 17.5 Å². The van der Waals surface area contributed by atoms with Gasteiger partial charge in [-0.2, -0.15) is 15.0 Å². The lowest BCUT2D eigenvalue weighted by Crippen LogP contribution is -2.18. The van der Waals surface area contributed by atoms with Crippen LogP contribution in [0.3, 0.4) is 0 Å². The Labute approximate surface area is 105 Å². The molecule has 0 atom stereocenters. The number of anilines is 1. The molecule has 0 saturated carbocycles. The summed E-state index contributed by atoms with van der Waals surface area (Å²) >= 11 is 5.82. The van der Waals surface area contributed by atoms with E-state index in [1.165, 1.54) is 0 Å². The number of nitrogens with one attached hydrogen (secondary N) is 1. The van der Waals surface area contributed by atoms with Crippen LogP contribution in [0.1, 0.15) is 26.7 Å². The first kappa shape index (κ1) is 12.1. The molecular formula is C11H15ClN4O. The number of rotatable bonds is 4. The molecule has 0 fully saturated rings. The molecule has 1 aromatic rings. The van der Waals surface area contributed by atoms with Gasteiger partial charge >= 0.3 is 6.01 Å². The summed E-state index contributed by atoms with van der Waals surface area (Å²) in [6.45, 7) is 3.82. The Morgan fingerprint density at radius 1 is 1.29 bits per heavy atom. The summed E-state index contributed by atoms with van der Waals surface area (Å²) in [6, 6.07) is 0.592. The highest BCUT2D eigenvalue weighted by atomic mass is 35.5. The summed E-state index contributed by atoms with van der Waals surface area (Å²) < 4.78 is 5.40. The number of hydrogen-bond donors (Lipinski definition) is 1. The summed E-state index contributed by atoms with van der Waals surface area (Å²) in [5.41, 5.74) is 0. The molecule has 17 heavy (non-hydrogen) atoms. The molecule has 1 aromatic heterocycles. The van der Waals surface area contributed by atoms with Gasteiger partial charge in [0.25, 0.3) is 0 Å². The number of halogens is 1. The molecule has 1 aliphatic rings. The predicted molar refractivity (Wildman–Crippen MR) is 66.4 cm³/mol. The fourth-order valence-corrected chi connectivity index (χ4v) is 1.73. The molecule has 0 radical (unpaired) electrons. The van der Waals surface area contributed by atoms with Crippen LogP contribution >= 0.6 is 11.6 Å². The molecule has 1 N–H and O–H groups in total. The van der Waals surface area contributed by atoms with Gasteiger partial charge in [0, 0.05) is 6.04 Å². The van der Waals surface area contributed by atoms with Crippen molar-refractivity contribution in [1.29, 1.82) is 0 Å². The molecule has 1 aliphatic carbocycles. The van der Waals surface area contributed by atoms with E-state index in [0.717, 1.165) is 12.8 Å². The van der Waals surface area contributed by atoms with Gasteiger partial charge in [-0.25, -0.2) is 0 Å². The van der Waals surface area contributed by atoms with Crippen molar-refractivity contribution in [2.45, 2.75) is 38.8 Å². The molecule has 2 rings (SSSR count). The first-order chi connectivity index (χ1) is 8.13. The standard InChI is InChI=1S/C11H15ClN4O/c1-7(2)17-11-15-9(12)14-10(16-11)13-8-5-3-4-6-8/h3-4,7-8H,5-6H2,1-2H3,(H,13,14,15,16). The second-order valence-electron chi connectivity index (χ2n) is 4.16. The third-order valence-corrected chi connectivity index (χ3v) is 2.44. The number of hydrogen-bond acceptors (Lipinski definition) is 5. The lowest BCUT2D eigenvalue weighted by atomic mass is 10.2. The van der Waals surface area contributed by atoms with Crippen LogP contribution in [-0.2, 0) is 0 Å². The smallest absolute Gasteiger partial charge is 0.322 e. The van der Waals surface area contributed by atoms with E-state index in [0.29, 0.717) is 12.0 Å². The van der Waals surface area contributed by atoms with E-state index in [1.807, 2.05) is 13.8 Å². The van der Waals surface area contributed by atoms with Crippen molar-refractivity contribution < 1.29 is 4.74 Å². The SMILES string of the molecule is CC(C)Oc1nc(Cl)nc(NC2CC=CC2)n1. The fourth-order valence-electron chi connectivity index (χ4n) is 1.58. The van der Waals surface area contributed by atoms with Gasteiger partial charge in [-0.05, 0) is 38.3 Å². The van der Waals surface area contributed by atoms with E-state index in [2.05, 4.69) is 32.4 Å². The lowest BCUT2D eigenvalue weighted by molar-refractivity contribution is 0.222. The largest absolute Gasteiger partial charge is 0.461 e. The average Bonchev–Trinajstić information content (AvgIpc) is 2.67. The molecule has 5 nitrogen and oxygen atoms in total. The Balaban J connectivity index is 2.07. The maximum atomic E-state index is 5.82. The van der Waals surface area contributed by atoms with Crippen molar-refractivity contribution in [3.8, 4) is 6.01 Å². The normalized spacial score (nSPS) is 15.5. The van der Waals surface area contributed by atoms with E-state index in [-0.39, 0.29) is 17.4 Å². The average molecular weight is 255 g/mol. The fraction of sp³-hybridized carbons (Fsp3) is 0.545. The summed E-state index contributed by atoms with van der Waals surface area (Å²) in [7, 11) is 0. The zero-order valence-electron chi connectivity index (χ0n) is 9.85. The van der Waals surface area contributed by atoms with Crippen molar-refractivity contribution in [2.24, 2.45) is 0 Å². The van der Waals surface area contributed by atoms with Crippen molar-refractivity contribution in [1.82, 2.24) is 15.0 Å². The highest BCUT2D eigenvalue weighted by Crippen LogP contribution is 2.17. The molecular weight excluding hydrogens is 240 g/mol. The molecule has 0 spiro atoms. The third kappa shape index (κ3) is 3.56. The molecule has 6 heteroatoms. The Bertz CT molecular complexity index is 414. The van der Waals surface area contributed by atoms with E-state index in [1.54, 1.807) is 0 Å². The molecule has 0 aliphatic heterocycles. The predicted octanol–water partition coefficient (Wildman–Crippen LogP) is 2.44. The van der Waals surface area contributed by atoms with Crippen molar-refractivity contribution in [3.05, 3.63) is 17.4 Å². The van der Waals surface area contributed by atoms with Crippen LogP contribution in [0.4, 0.5) is 5.95 Å². The van der Waals surface area contributed by atoms with Crippen LogP contribution in [0.15, 0.2) is 12.2 Å². The Morgan fingerprint density at radius 2 is 2.00 bits per heavy atom. The van der Waals surface area contributed by atoms with Crippen LogP contribution < -0.4 is 10.1 Å². The quantitative estimate of drug-likeness (QED) is 0.837. The van der Waals surface area contributed by atoms with Crippen molar-refractivity contribution in [2.75, 3.05) is 5.32 Å². The van der Waals surface area contributed by atoms with E-state index >= 15 is 0 Å². The molecule has 0 unspecified atom stereocenters. The first-order valence-electron chi connectivity index (χ1n) is 5.63. The zero-order valence-corrected chi connectivity index (χ0v) is 10.6. The van der Waals surface area contributed by atoms with Gasteiger partial charge in [-0.15, -0.1) is 0 Å². The second kappa shape index (κ2) is 5.31. The van der Waals surface area contributed by atoms with Crippen LogP contribution in [-0.4, -0.2) is 27.1 Å². The first-order valence-corrected chi connectivity index (χ1v) is 6.01. The molecule has 0 aromatic carbocycles. The van der Waals surface area contributed by atoms with Gasteiger partial charge in [0.15, 0.2) is 0 Å². The van der Waals surface area contributed by atoms with Gasteiger partial charge in [0.2, 0.25) is 11.2 Å². The Hall–Kier alpha value is -1.36. The molecule has 0 saturated heterocycles. The van der Waals surface area contributed by atoms with Gasteiger partial charge in [0.05, 0.1) is 6.10 Å². The number of aromatic nitrogens is 3. The van der Waals surface area contributed by atoms with Gasteiger partial charge in [-0.1, -0.05) is 12.2 Å². The minimum absolute atomic E-state index is 0.00876. The minimum Gasteiger partial charge on any atom is -0.461 e. The van der Waals surface area contributed by atoms with Gasteiger partial charge < -0.3 is 10.1 Å². The van der Waals surface area contributed by atoms with Gasteiger partial charge in [0.1, 0.15) is 0 Å². The summed E-state index contributed by atoms with van der Waals surface area (Å²) in [5.74, 6) is 0.467. The van der Waals surface area contributed by atoms with E-state index in [9.17, 15) is 0 Å². The lowest BCUT2D eigenvalue weighted by Gasteiger charge is -2.13. The Kier molecular flexibility index (Phi) is 3.78. The maximum Gasteiger partial charge on any atom is 0.322 e. The second-order valence-corrected chi connectivity index (χ2v) is 4.50. The van der Waals surface area contributed by atoms with Crippen molar-refractivity contribution in [3.63, 3.8) is 0 Å². The minimum atomic E-state index is 0.00876. The summed E-state index contributed by atoms with van der Waals surface area (Å²) in [5, 5.41) is 3.35. The highest BCUT2D eigenvalue weighted by molar-refractivity contribution is 6.28. The molecule has 92 valence electrons. The number of nitrogens with zero attached hydrogens (tertiary/aromatic N) is 3. The van der Waals surface area contributed by atoms with Crippen LogP contribution in [0.5, 0.6) is 6.01 Å². The number of ether oxygens (including phenoxy) is 1. The van der Waals surface area contributed by atoms with Crippen LogP contribution in [0.2, 0.25) is 5.28 Å². The monoisotopic (exact) mass is 254 g/mol. The summed E-state index contributed by atoms with van der Waals surface area (Å²) in [4.78, 5) is 12.1. The summed E-state index contributed by atoms with van der Waals surface area (Å²) in [6.07, 6.45) is 6.22. The maximum absolute atomic E-state index is 5.82. The van der Waals surface area contributed by atoms with Gasteiger partial charge in [-0.3, -0.25) is 0 Å². The molecule has 0 bridgehead atoms. The zero-order chi connectivity index (χ0) is 12.3. The van der Waals surface area contributed by atoms with Crippen LogP contribution in [0, 0.1) is 0 Å². The molecule has 0 amide bonds. The van der Waals surface area contributed by atoms with Crippen LogP contribution in [0.25, 0.3) is 0 Å². The highest BCUT2D eigenvalue weighted by Gasteiger charge is 2.13.